The second kappa shape index (κ2) is 22.4. The van der Waals surface area contributed by atoms with Gasteiger partial charge >= 0.3 is 0 Å². The molecule has 0 unspecified atom stereocenters. The highest BCUT2D eigenvalue weighted by Gasteiger charge is 2.08. The predicted octanol–water partition coefficient (Wildman–Crippen LogP) is 12.1. The van der Waals surface area contributed by atoms with Crippen LogP contribution in [0.2, 0.25) is 0 Å². The smallest absolute Gasteiger partial charge is 0.252 e. The van der Waals surface area contributed by atoms with E-state index in [-0.39, 0.29) is 17.3 Å². The highest BCUT2D eigenvalue weighted by Crippen LogP contribution is 2.22. The van der Waals surface area contributed by atoms with Crippen molar-refractivity contribution in [2.75, 3.05) is 0 Å². The number of carbonyl (C=O) groups excluding carboxylic acids is 8. The first-order valence-corrected chi connectivity index (χ1v) is 18.7. The van der Waals surface area contributed by atoms with E-state index in [4.69, 9.17) is 58.0 Å². The summed E-state index contributed by atoms with van der Waals surface area (Å²) in [6, 6.07) is 36.9. The van der Waals surface area contributed by atoms with E-state index in [0.29, 0.717) is 44.5 Å². The minimum Gasteiger partial charge on any atom is -0.295 e. The molecular formula is C45H31Cl5O8. The van der Waals surface area contributed by atoms with E-state index in [0.717, 1.165) is 21.9 Å². The molecule has 294 valence electrons. The maximum absolute atomic E-state index is 11.2. The number of hydrogen-bond acceptors (Lipinski definition) is 8. The van der Waals surface area contributed by atoms with Crippen molar-refractivity contribution in [3.63, 3.8) is 0 Å². The maximum Gasteiger partial charge on any atom is 0.252 e. The summed E-state index contributed by atoms with van der Waals surface area (Å²) in [5, 5.41) is -0.666. The van der Waals surface area contributed by atoms with Crippen LogP contribution in [0.25, 0.3) is 21.9 Å². The van der Waals surface area contributed by atoms with Crippen molar-refractivity contribution in [1.29, 1.82) is 0 Å². The van der Waals surface area contributed by atoms with Gasteiger partial charge in [0.2, 0.25) is 0 Å². The third-order valence-corrected chi connectivity index (χ3v) is 9.14. The Labute approximate surface area is 358 Å². The Balaban J connectivity index is 0.000000210. The van der Waals surface area contributed by atoms with Gasteiger partial charge in [-0.05, 0) is 161 Å². The van der Waals surface area contributed by atoms with E-state index in [1.807, 2.05) is 6.07 Å². The summed E-state index contributed by atoms with van der Waals surface area (Å²) in [5.41, 5.74) is 5.74. The van der Waals surface area contributed by atoms with Gasteiger partial charge in [0.05, 0.1) is 0 Å². The normalized spacial score (nSPS) is 9.93. The van der Waals surface area contributed by atoms with E-state index < -0.39 is 26.2 Å². The zero-order chi connectivity index (χ0) is 43.1. The first-order valence-electron chi connectivity index (χ1n) is 16.8. The van der Waals surface area contributed by atoms with Crippen LogP contribution in [0.1, 0.15) is 104 Å². The lowest BCUT2D eigenvalue weighted by molar-refractivity contribution is 0.100. The largest absolute Gasteiger partial charge is 0.295 e. The van der Waals surface area contributed by atoms with Gasteiger partial charge in [0.1, 0.15) is 0 Å². The number of benzene rings is 6. The lowest BCUT2D eigenvalue weighted by Gasteiger charge is -2.03. The molecule has 0 heterocycles. The van der Waals surface area contributed by atoms with Crippen LogP contribution >= 0.6 is 58.0 Å². The summed E-state index contributed by atoms with van der Waals surface area (Å²) in [5.74, 6) is -0.0715. The average molecular weight is 877 g/mol. The van der Waals surface area contributed by atoms with E-state index in [2.05, 4.69) is 0 Å². The van der Waals surface area contributed by atoms with Gasteiger partial charge in [-0.2, -0.15) is 0 Å². The molecule has 0 amide bonds. The predicted molar refractivity (Wildman–Crippen MR) is 230 cm³/mol. The van der Waals surface area contributed by atoms with Crippen molar-refractivity contribution in [2.45, 2.75) is 20.8 Å². The van der Waals surface area contributed by atoms with Crippen molar-refractivity contribution in [1.82, 2.24) is 0 Å². The molecule has 0 N–H and O–H groups in total. The molecular weight excluding hydrogens is 846 g/mol. The number of carbonyl (C=O) groups is 8. The van der Waals surface area contributed by atoms with Crippen molar-refractivity contribution in [3.05, 3.63) is 178 Å². The number of rotatable bonds is 9. The summed E-state index contributed by atoms with van der Waals surface area (Å²) in [4.78, 5) is 87.0. The monoisotopic (exact) mass is 874 g/mol. The molecule has 0 spiro atoms. The SMILES string of the molecule is CC(=O)c1ccc(C(=O)Cl)cc1.CC(=O)c1ccc2cc(C(=O)Cl)ccc2c1.CC(=O)c1cccc(C(=O)Cl)c1.O=C(Cl)c1ccc(-c2ccc(C(=O)Cl)cc2)cc1. The zero-order valence-electron chi connectivity index (χ0n) is 30.9. The second-order valence-corrected chi connectivity index (χ2v) is 13.8. The summed E-state index contributed by atoms with van der Waals surface area (Å²) >= 11 is 26.6. The molecule has 0 fully saturated rings. The molecule has 0 bridgehead atoms. The zero-order valence-corrected chi connectivity index (χ0v) is 34.6. The highest BCUT2D eigenvalue weighted by molar-refractivity contribution is 6.69. The molecule has 0 aromatic heterocycles. The Morgan fingerprint density at radius 2 is 0.552 bits per heavy atom. The van der Waals surface area contributed by atoms with Gasteiger partial charge in [0.25, 0.3) is 26.2 Å². The number of Topliss-reactive ketones (excluding diaryl/α,β-unsaturated/α-hetero) is 3. The Hall–Kier alpha value is -5.61. The van der Waals surface area contributed by atoms with Crippen LogP contribution in [-0.2, 0) is 0 Å². The molecule has 0 aliphatic heterocycles. The number of hydrogen-bond donors (Lipinski definition) is 0. The summed E-state index contributed by atoms with van der Waals surface area (Å²) in [6.07, 6.45) is 0. The minimum atomic E-state index is -0.543. The molecule has 6 aromatic rings. The lowest BCUT2D eigenvalue weighted by atomic mass is 10.0. The topological polar surface area (TPSA) is 137 Å². The lowest BCUT2D eigenvalue weighted by Crippen LogP contribution is -1.95. The number of fused-ring (bicyclic) bond motifs is 1. The van der Waals surface area contributed by atoms with Crippen molar-refractivity contribution >= 4 is 112 Å². The van der Waals surface area contributed by atoms with Gasteiger partial charge < -0.3 is 0 Å². The fourth-order valence-corrected chi connectivity index (χ4v) is 5.48. The van der Waals surface area contributed by atoms with Gasteiger partial charge in [0.15, 0.2) is 17.3 Å². The number of ketones is 3. The second-order valence-electron chi connectivity index (χ2n) is 12.1. The average Bonchev–Trinajstić information content (AvgIpc) is 3.21. The van der Waals surface area contributed by atoms with Gasteiger partial charge in [-0.25, -0.2) is 0 Å². The van der Waals surface area contributed by atoms with E-state index in [1.54, 1.807) is 109 Å². The summed E-state index contributed by atoms with van der Waals surface area (Å²) in [7, 11) is 0. The first kappa shape index (κ1) is 46.8. The van der Waals surface area contributed by atoms with Crippen LogP contribution in [0.3, 0.4) is 0 Å². The summed E-state index contributed by atoms with van der Waals surface area (Å²) in [6.45, 7) is 4.44. The quantitative estimate of drug-likeness (QED) is 0.103. The van der Waals surface area contributed by atoms with Crippen LogP contribution in [0, 0.1) is 0 Å². The summed E-state index contributed by atoms with van der Waals surface area (Å²) < 4.78 is 0. The third-order valence-electron chi connectivity index (χ3n) is 8.05. The molecule has 6 aromatic carbocycles. The maximum atomic E-state index is 11.2. The number of halogens is 5. The third kappa shape index (κ3) is 14.4. The van der Waals surface area contributed by atoms with Crippen LogP contribution in [0.4, 0.5) is 0 Å². The highest BCUT2D eigenvalue weighted by atomic mass is 35.5. The first-order chi connectivity index (χ1) is 27.4. The molecule has 0 aliphatic rings. The fraction of sp³-hybridized carbons (Fsp3) is 0.0667. The molecule has 58 heavy (non-hydrogen) atoms. The molecule has 13 heteroatoms. The van der Waals surface area contributed by atoms with Gasteiger partial charge in [0, 0.05) is 44.5 Å². The molecule has 0 aliphatic carbocycles. The van der Waals surface area contributed by atoms with Gasteiger partial charge in [-0.3, -0.25) is 38.4 Å². The molecule has 8 nitrogen and oxygen atoms in total. The van der Waals surface area contributed by atoms with Gasteiger partial charge in [-0.15, -0.1) is 0 Å². The Morgan fingerprint density at radius 3 is 0.914 bits per heavy atom. The minimum absolute atomic E-state index is 0.0245. The van der Waals surface area contributed by atoms with Crippen LogP contribution in [-0.4, -0.2) is 43.6 Å². The van der Waals surface area contributed by atoms with Crippen molar-refractivity contribution in [3.8, 4) is 11.1 Å². The van der Waals surface area contributed by atoms with E-state index in [9.17, 15) is 38.4 Å². The van der Waals surface area contributed by atoms with Crippen LogP contribution < -0.4 is 0 Å². The standard InChI is InChI=1S/C14H8Cl2O2.C13H9ClO2.2C9H7ClO2/c15-13(17)11-5-1-9(2-6-11)10-3-7-12(8-4-10)14(16)18;1-8(15)9-2-3-11-7-12(13(14)16)5-4-10(11)6-9;1-6(11)7-2-4-8(5-3-7)9(10)12;1-6(11)7-3-2-4-8(5-7)9(10)12/h1-8H;2-7H,1H3;2*2-5H,1H3. The molecule has 0 saturated heterocycles. The van der Waals surface area contributed by atoms with Crippen LogP contribution in [0.5, 0.6) is 0 Å². The van der Waals surface area contributed by atoms with Crippen molar-refractivity contribution in [2.24, 2.45) is 0 Å². The van der Waals surface area contributed by atoms with E-state index in [1.165, 1.54) is 39.0 Å². The molecule has 0 saturated carbocycles. The molecule has 0 atom stereocenters. The van der Waals surface area contributed by atoms with E-state index >= 15 is 0 Å². The molecule has 6 rings (SSSR count). The Kier molecular flexibility index (Phi) is 18.0. The molecule has 0 radical (unpaired) electrons. The van der Waals surface area contributed by atoms with Crippen molar-refractivity contribution < 1.29 is 38.4 Å². The Bertz CT molecular complexity index is 2340. The Morgan fingerprint density at radius 1 is 0.293 bits per heavy atom. The van der Waals surface area contributed by atoms with Gasteiger partial charge in [-0.1, -0.05) is 72.8 Å². The fourth-order valence-electron chi connectivity index (χ4n) is 4.87. The van der Waals surface area contributed by atoms with Crippen LogP contribution in [0.15, 0.2) is 133 Å².